The number of imidazole rings is 1. The first-order valence-electron chi connectivity index (χ1n) is 7.57. The van der Waals surface area contributed by atoms with Gasteiger partial charge in [-0.05, 0) is 49.6 Å². The van der Waals surface area contributed by atoms with E-state index in [0.717, 1.165) is 35.3 Å². The van der Waals surface area contributed by atoms with Gasteiger partial charge in [0.25, 0.3) is 5.91 Å². The molecular formula is C18H17N3O. The lowest BCUT2D eigenvalue weighted by atomic mass is 10.1. The van der Waals surface area contributed by atoms with Gasteiger partial charge in [-0.15, -0.1) is 0 Å². The lowest BCUT2D eigenvalue weighted by Crippen LogP contribution is -2.25. The number of nitrogens with one attached hydrogen (secondary N) is 2. The number of benzene rings is 2. The van der Waals surface area contributed by atoms with Crippen LogP contribution in [0.25, 0.3) is 22.4 Å². The Morgan fingerprint density at radius 2 is 1.95 bits per heavy atom. The molecule has 1 fully saturated rings. The molecule has 2 N–H and O–H groups in total. The number of rotatable bonds is 3. The van der Waals surface area contributed by atoms with Crippen molar-refractivity contribution in [3.63, 3.8) is 0 Å². The number of carbonyl (C=O) groups is 1. The lowest BCUT2D eigenvalue weighted by molar-refractivity contribution is 0.0951. The average molecular weight is 291 g/mol. The first-order chi connectivity index (χ1) is 10.7. The number of aryl methyl sites for hydroxylation is 1. The van der Waals surface area contributed by atoms with E-state index in [2.05, 4.69) is 34.3 Å². The lowest BCUT2D eigenvalue weighted by Gasteiger charge is -2.03. The molecule has 0 spiro atoms. The zero-order valence-electron chi connectivity index (χ0n) is 12.4. The van der Waals surface area contributed by atoms with E-state index in [1.54, 1.807) is 0 Å². The molecule has 3 aromatic rings. The van der Waals surface area contributed by atoms with Gasteiger partial charge in [-0.3, -0.25) is 4.79 Å². The van der Waals surface area contributed by atoms with Gasteiger partial charge in [0.15, 0.2) is 0 Å². The van der Waals surface area contributed by atoms with Gasteiger partial charge in [0.05, 0.1) is 11.0 Å². The summed E-state index contributed by atoms with van der Waals surface area (Å²) in [6.07, 6.45) is 2.20. The van der Waals surface area contributed by atoms with E-state index in [9.17, 15) is 4.79 Å². The van der Waals surface area contributed by atoms with E-state index >= 15 is 0 Å². The topological polar surface area (TPSA) is 57.8 Å². The summed E-state index contributed by atoms with van der Waals surface area (Å²) in [6, 6.07) is 14.1. The maximum Gasteiger partial charge on any atom is 0.251 e. The van der Waals surface area contributed by atoms with Crippen LogP contribution in [0.1, 0.15) is 28.8 Å². The highest BCUT2D eigenvalue weighted by atomic mass is 16.1. The Hall–Kier alpha value is -2.62. The molecule has 110 valence electrons. The minimum Gasteiger partial charge on any atom is -0.349 e. The average Bonchev–Trinajstić information content (AvgIpc) is 3.23. The van der Waals surface area contributed by atoms with Gasteiger partial charge in [-0.2, -0.15) is 0 Å². The van der Waals surface area contributed by atoms with E-state index in [1.807, 2.05) is 30.3 Å². The molecule has 1 saturated carbocycles. The van der Waals surface area contributed by atoms with Gasteiger partial charge in [0.2, 0.25) is 0 Å². The van der Waals surface area contributed by atoms with Crippen LogP contribution < -0.4 is 5.32 Å². The van der Waals surface area contributed by atoms with E-state index < -0.39 is 0 Å². The van der Waals surface area contributed by atoms with E-state index in [1.165, 1.54) is 5.56 Å². The van der Waals surface area contributed by atoms with Crippen molar-refractivity contribution in [2.75, 3.05) is 0 Å². The van der Waals surface area contributed by atoms with Gasteiger partial charge in [0.1, 0.15) is 5.82 Å². The minimum atomic E-state index is 0.00859. The second-order valence-corrected chi connectivity index (χ2v) is 5.93. The van der Waals surface area contributed by atoms with Crippen molar-refractivity contribution >= 4 is 16.9 Å². The summed E-state index contributed by atoms with van der Waals surface area (Å²) >= 11 is 0. The second-order valence-electron chi connectivity index (χ2n) is 5.93. The summed E-state index contributed by atoms with van der Waals surface area (Å²) in [5.74, 6) is 0.837. The maximum atomic E-state index is 12.0. The molecule has 22 heavy (non-hydrogen) atoms. The molecule has 1 amide bonds. The van der Waals surface area contributed by atoms with Gasteiger partial charge < -0.3 is 10.3 Å². The fourth-order valence-electron chi connectivity index (χ4n) is 2.54. The number of carbonyl (C=O) groups excluding carboxylic acids is 1. The summed E-state index contributed by atoms with van der Waals surface area (Å²) in [5, 5.41) is 2.99. The first kappa shape index (κ1) is 13.1. The van der Waals surface area contributed by atoms with Crippen LogP contribution >= 0.6 is 0 Å². The highest BCUT2D eigenvalue weighted by molar-refractivity contribution is 5.95. The number of H-pyrrole nitrogens is 1. The van der Waals surface area contributed by atoms with Crippen molar-refractivity contribution in [2.24, 2.45) is 0 Å². The smallest absolute Gasteiger partial charge is 0.251 e. The zero-order chi connectivity index (χ0) is 15.1. The van der Waals surface area contributed by atoms with Gasteiger partial charge in [0, 0.05) is 17.2 Å². The predicted octanol–water partition coefficient (Wildman–Crippen LogP) is 3.43. The Bertz CT molecular complexity index is 844. The van der Waals surface area contributed by atoms with E-state index in [4.69, 9.17) is 0 Å². The standard InChI is InChI=1S/C18H17N3O/c1-11-2-9-15-16(10-11)21-17(20-15)12-3-5-13(6-4-12)18(22)19-14-7-8-14/h2-6,9-10,14H,7-8H2,1H3,(H,19,22)(H,20,21). The number of aromatic amines is 1. The second kappa shape index (κ2) is 4.98. The predicted molar refractivity (Wildman–Crippen MR) is 86.8 cm³/mol. The monoisotopic (exact) mass is 291 g/mol. The van der Waals surface area contributed by atoms with Gasteiger partial charge in [-0.1, -0.05) is 18.2 Å². The van der Waals surface area contributed by atoms with Crippen molar-refractivity contribution in [1.82, 2.24) is 15.3 Å². The Morgan fingerprint density at radius 1 is 1.18 bits per heavy atom. The number of fused-ring (bicyclic) bond motifs is 1. The number of amides is 1. The molecule has 4 nitrogen and oxygen atoms in total. The summed E-state index contributed by atoms with van der Waals surface area (Å²) in [5.41, 5.74) is 4.87. The van der Waals surface area contributed by atoms with Crippen LogP contribution in [0.15, 0.2) is 42.5 Å². The number of nitrogens with zero attached hydrogens (tertiary/aromatic N) is 1. The quantitative estimate of drug-likeness (QED) is 0.776. The highest BCUT2D eigenvalue weighted by Gasteiger charge is 2.23. The maximum absolute atomic E-state index is 12.0. The molecule has 0 unspecified atom stereocenters. The van der Waals surface area contributed by atoms with Crippen molar-refractivity contribution in [2.45, 2.75) is 25.8 Å². The van der Waals surface area contributed by atoms with Crippen LogP contribution in [0.3, 0.4) is 0 Å². The molecule has 1 aliphatic rings. The van der Waals surface area contributed by atoms with Crippen LogP contribution in [0, 0.1) is 6.92 Å². The third-order valence-corrected chi connectivity index (χ3v) is 3.97. The third kappa shape index (κ3) is 2.48. The van der Waals surface area contributed by atoms with E-state index in [0.29, 0.717) is 11.6 Å². The third-order valence-electron chi connectivity index (χ3n) is 3.97. The molecule has 0 aliphatic heterocycles. The van der Waals surface area contributed by atoms with Crippen molar-refractivity contribution in [3.8, 4) is 11.4 Å². The summed E-state index contributed by atoms with van der Waals surface area (Å²) in [6.45, 7) is 2.06. The van der Waals surface area contributed by atoms with E-state index in [-0.39, 0.29) is 5.91 Å². The van der Waals surface area contributed by atoms with Crippen molar-refractivity contribution in [1.29, 1.82) is 0 Å². The van der Waals surface area contributed by atoms with Gasteiger partial charge in [-0.25, -0.2) is 4.98 Å². The summed E-state index contributed by atoms with van der Waals surface area (Å²) in [4.78, 5) is 19.9. The highest BCUT2D eigenvalue weighted by Crippen LogP contribution is 2.22. The van der Waals surface area contributed by atoms with Crippen molar-refractivity contribution in [3.05, 3.63) is 53.6 Å². The Kier molecular flexibility index (Phi) is 2.96. The summed E-state index contributed by atoms with van der Waals surface area (Å²) < 4.78 is 0. The summed E-state index contributed by atoms with van der Waals surface area (Å²) in [7, 11) is 0. The normalized spacial score (nSPS) is 14.2. The Morgan fingerprint density at radius 3 is 2.68 bits per heavy atom. The zero-order valence-corrected chi connectivity index (χ0v) is 12.4. The molecule has 4 rings (SSSR count). The molecule has 1 aliphatic carbocycles. The van der Waals surface area contributed by atoms with Gasteiger partial charge >= 0.3 is 0 Å². The SMILES string of the molecule is Cc1ccc2nc(-c3ccc(C(=O)NC4CC4)cc3)[nH]c2c1. The molecule has 1 heterocycles. The number of aromatic nitrogens is 2. The largest absolute Gasteiger partial charge is 0.349 e. The number of hydrogen-bond acceptors (Lipinski definition) is 2. The Balaban J connectivity index is 1.62. The van der Waals surface area contributed by atoms with Crippen LogP contribution in [0.4, 0.5) is 0 Å². The van der Waals surface area contributed by atoms with Crippen molar-refractivity contribution < 1.29 is 4.79 Å². The molecule has 1 aromatic heterocycles. The molecular weight excluding hydrogens is 274 g/mol. The van der Waals surface area contributed by atoms with Crippen LogP contribution in [-0.2, 0) is 0 Å². The molecule has 2 aromatic carbocycles. The van der Waals surface area contributed by atoms with Crippen LogP contribution in [-0.4, -0.2) is 21.9 Å². The first-order valence-corrected chi connectivity index (χ1v) is 7.57. The molecule has 0 radical (unpaired) electrons. The minimum absolute atomic E-state index is 0.00859. The number of hydrogen-bond donors (Lipinski definition) is 2. The fourth-order valence-corrected chi connectivity index (χ4v) is 2.54. The molecule has 4 heteroatoms. The molecule has 0 bridgehead atoms. The van der Waals surface area contributed by atoms with Crippen LogP contribution in [0.5, 0.6) is 0 Å². The molecule has 0 saturated heterocycles. The Labute approximate surface area is 128 Å². The fraction of sp³-hybridized carbons (Fsp3) is 0.222. The molecule has 0 atom stereocenters. The van der Waals surface area contributed by atoms with Crippen LogP contribution in [0.2, 0.25) is 0 Å².